The van der Waals surface area contributed by atoms with Crippen LogP contribution >= 0.6 is 11.8 Å². The van der Waals surface area contributed by atoms with Crippen molar-refractivity contribution in [2.45, 2.75) is 12.2 Å². The summed E-state index contributed by atoms with van der Waals surface area (Å²) in [7, 11) is 1.36. The lowest BCUT2D eigenvalue weighted by atomic mass is 10.3. The van der Waals surface area contributed by atoms with Crippen molar-refractivity contribution in [2.24, 2.45) is 0 Å². The van der Waals surface area contributed by atoms with Crippen molar-refractivity contribution in [3.05, 3.63) is 30.1 Å². The lowest BCUT2D eigenvalue weighted by Gasteiger charge is -2.10. The number of hydrogen-bond donors (Lipinski definition) is 0. The van der Waals surface area contributed by atoms with Crippen molar-refractivity contribution in [2.75, 3.05) is 19.5 Å². The van der Waals surface area contributed by atoms with Crippen LogP contribution in [0.1, 0.15) is 6.92 Å². The molecular formula is C12H15FO3S. The van der Waals surface area contributed by atoms with Gasteiger partial charge in [0.15, 0.2) is 11.6 Å². The number of thioether (sulfide) groups is 1. The zero-order valence-corrected chi connectivity index (χ0v) is 10.6. The number of carbonyl (C=O) groups excluding carboxylic acids is 1. The number of halogens is 1. The summed E-state index contributed by atoms with van der Waals surface area (Å²) in [6.45, 7) is 2.12. The fourth-order valence-electron chi connectivity index (χ4n) is 1.17. The first kappa shape index (κ1) is 13.8. The van der Waals surface area contributed by atoms with E-state index in [1.165, 1.54) is 24.9 Å². The molecule has 0 radical (unpaired) electrons. The smallest absolute Gasteiger partial charge is 0.318 e. The third-order valence-electron chi connectivity index (χ3n) is 2.08. The zero-order chi connectivity index (χ0) is 12.7. The highest BCUT2D eigenvalue weighted by Crippen LogP contribution is 2.17. The minimum absolute atomic E-state index is 0.232. The van der Waals surface area contributed by atoms with E-state index in [0.717, 1.165) is 0 Å². The highest BCUT2D eigenvalue weighted by atomic mass is 32.2. The van der Waals surface area contributed by atoms with Crippen LogP contribution in [0.4, 0.5) is 4.39 Å². The third kappa shape index (κ3) is 4.65. The Morgan fingerprint density at radius 3 is 2.82 bits per heavy atom. The molecule has 1 aromatic carbocycles. The Hall–Kier alpha value is -1.23. The molecule has 0 saturated carbocycles. The first-order valence-electron chi connectivity index (χ1n) is 5.22. The largest absolute Gasteiger partial charge is 0.490 e. The summed E-state index contributed by atoms with van der Waals surface area (Å²) in [6, 6.07) is 6.24. The van der Waals surface area contributed by atoms with Gasteiger partial charge in [-0.2, -0.15) is 0 Å². The topological polar surface area (TPSA) is 35.5 Å². The molecule has 0 bridgehead atoms. The molecule has 0 N–H and O–H groups in total. The first-order valence-corrected chi connectivity index (χ1v) is 6.26. The van der Waals surface area contributed by atoms with Crippen LogP contribution in [0, 0.1) is 5.82 Å². The molecule has 0 aliphatic heterocycles. The highest BCUT2D eigenvalue weighted by molar-refractivity contribution is 8.00. The molecule has 0 saturated heterocycles. The van der Waals surface area contributed by atoms with Crippen molar-refractivity contribution < 1.29 is 18.7 Å². The molecular weight excluding hydrogens is 243 g/mol. The van der Waals surface area contributed by atoms with Crippen LogP contribution in [0.2, 0.25) is 0 Å². The monoisotopic (exact) mass is 258 g/mol. The van der Waals surface area contributed by atoms with Crippen LogP contribution in [0.3, 0.4) is 0 Å². The summed E-state index contributed by atoms with van der Waals surface area (Å²) < 4.78 is 23.0. The number of hydrogen-bond acceptors (Lipinski definition) is 4. The quantitative estimate of drug-likeness (QED) is 0.580. The van der Waals surface area contributed by atoms with E-state index in [2.05, 4.69) is 4.74 Å². The van der Waals surface area contributed by atoms with Gasteiger partial charge in [0.25, 0.3) is 0 Å². The molecule has 0 aromatic heterocycles. The maximum absolute atomic E-state index is 13.2. The lowest BCUT2D eigenvalue weighted by Crippen LogP contribution is -2.16. The average molecular weight is 258 g/mol. The molecule has 0 aliphatic carbocycles. The predicted octanol–water partition coefficient (Wildman–Crippen LogP) is 2.50. The molecule has 3 nitrogen and oxygen atoms in total. The molecule has 1 atom stereocenters. The summed E-state index contributed by atoms with van der Waals surface area (Å²) >= 11 is 1.41. The van der Waals surface area contributed by atoms with Gasteiger partial charge in [-0.15, -0.1) is 11.8 Å². The van der Waals surface area contributed by atoms with Crippen LogP contribution in [-0.2, 0) is 9.53 Å². The molecule has 94 valence electrons. The van der Waals surface area contributed by atoms with Gasteiger partial charge in [-0.1, -0.05) is 12.1 Å². The van der Waals surface area contributed by atoms with E-state index in [0.29, 0.717) is 12.4 Å². The molecule has 5 heteroatoms. The third-order valence-corrected chi connectivity index (χ3v) is 3.17. The van der Waals surface area contributed by atoms with Gasteiger partial charge in [-0.25, -0.2) is 4.39 Å². The highest BCUT2D eigenvalue weighted by Gasteiger charge is 2.12. The number of ether oxygens (including phenoxy) is 2. The maximum Gasteiger partial charge on any atom is 0.318 e. The molecule has 0 amide bonds. The number of para-hydroxylation sites is 1. The summed E-state index contributed by atoms with van der Waals surface area (Å²) in [4.78, 5) is 11.1. The molecule has 1 unspecified atom stereocenters. The van der Waals surface area contributed by atoms with Crippen molar-refractivity contribution in [3.8, 4) is 5.75 Å². The van der Waals surface area contributed by atoms with Gasteiger partial charge in [0.1, 0.15) is 0 Å². The van der Waals surface area contributed by atoms with E-state index >= 15 is 0 Å². The minimum atomic E-state index is -0.376. The van der Waals surface area contributed by atoms with Crippen LogP contribution < -0.4 is 4.74 Å². The molecule has 1 rings (SSSR count). The van der Waals surface area contributed by atoms with Gasteiger partial charge in [-0.05, 0) is 19.1 Å². The summed E-state index contributed by atoms with van der Waals surface area (Å²) in [6.07, 6.45) is 0. The summed E-state index contributed by atoms with van der Waals surface area (Å²) in [5, 5.41) is -0.232. The SMILES string of the molecule is COC(=O)C(C)SCCOc1ccccc1F. The predicted molar refractivity (Wildman–Crippen MR) is 65.8 cm³/mol. The molecule has 0 fully saturated rings. The Morgan fingerprint density at radius 1 is 1.47 bits per heavy atom. The van der Waals surface area contributed by atoms with Gasteiger partial charge in [0, 0.05) is 5.75 Å². The van der Waals surface area contributed by atoms with Crippen molar-refractivity contribution >= 4 is 17.7 Å². The summed E-state index contributed by atoms with van der Waals surface area (Å²) in [5.41, 5.74) is 0. The Labute approximate surface area is 104 Å². The number of methoxy groups -OCH3 is 1. The van der Waals surface area contributed by atoms with Crippen molar-refractivity contribution in [1.82, 2.24) is 0 Å². The van der Waals surface area contributed by atoms with Gasteiger partial charge in [0.05, 0.1) is 19.0 Å². The second-order valence-electron chi connectivity index (χ2n) is 3.32. The number of benzene rings is 1. The van der Waals surface area contributed by atoms with E-state index in [4.69, 9.17) is 4.74 Å². The minimum Gasteiger partial charge on any atom is -0.490 e. The van der Waals surface area contributed by atoms with Crippen LogP contribution in [0.5, 0.6) is 5.75 Å². The second-order valence-corrected chi connectivity index (χ2v) is 4.76. The van der Waals surface area contributed by atoms with E-state index in [-0.39, 0.29) is 22.8 Å². The van der Waals surface area contributed by atoms with Crippen LogP contribution in [0.25, 0.3) is 0 Å². The van der Waals surface area contributed by atoms with Crippen molar-refractivity contribution in [1.29, 1.82) is 0 Å². The fourth-order valence-corrected chi connectivity index (χ4v) is 1.94. The van der Waals surface area contributed by atoms with Crippen molar-refractivity contribution in [3.63, 3.8) is 0 Å². The zero-order valence-electron chi connectivity index (χ0n) is 9.81. The Kier molecular flexibility index (Phi) is 5.83. The van der Waals surface area contributed by atoms with Gasteiger partial charge < -0.3 is 9.47 Å². The Morgan fingerprint density at radius 2 is 2.18 bits per heavy atom. The maximum atomic E-state index is 13.2. The first-order chi connectivity index (χ1) is 8.15. The summed E-state index contributed by atoms with van der Waals surface area (Å²) in [5.74, 6) is 0.197. The van der Waals surface area contributed by atoms with Gasteiger partial charge in [-0.3, -0.25) is 4.79 Å². The number of esters is 1. The number of carbonyl (C=O) groups is 1. The Bertz CT molecular complexity index is 371. The lowest BCUT2D eigenvalue weighted by molar-refractivity contribution is -0.139. The normalized spacial score (nSPS) is 11.9. The van der Waals surface area contributed by atoms with E-state index in [1.54, 1.807) is 25.1 Å². The van der Waals surface area contributed by atoms with E-state index in [1.807, 2.05) is 0 Å². The molecule has 17 heavy (non-hydrogen) atoms. The molecule has 1 aromatic rings. The van der Waals surface area contributed by atoms with E-state index < -0.39 is 0 Å². The van der Waals surface area contributed by atoms with E-state index in [9.17, 15) is 9.18 Å². The molecule has 0 spiro atoms. The molecule has 0 heterocycles. The fraction of sp³-hybridized carbons (Fsp3) is 0.417. The standard InChI is InChI=1S/C12H15FO3S/c1-9(12(14)15-2)17-8-7-16-11-6-4-3-5-10(11)13/h3-6,9H,7-8H2,1-2H3. The van der Waals surface area contributed by atoms with Gasteiger partial charge >= 0.3 is 5.97 Å². The molecule has 0 aliphatic rings. The van der Waals surface area contributed by atoms with Gasteiger partial charge in [0.2, 0.25) is 0 Å². The Balaban J connectivity index is 2.25. The number of rotatable bonds is 6. The van der Waals surface area contributed by atoms with Crippen LogP contribution in [-0.4, -0.2) is 30.7 Å². The average Bonchev–Trinajstić information content (AvgIpc) is 2.35. The van der Waals surface area contributed by atoms with Crippen LogP contribution in [0.15, 0.2) is 24.3 Å². The second kappa shape index (κ2) is 7.17.